The number of carbonyl (C=O) groups excluding carboxylic acids is 1. The highest BCUT2D eigenvalue weighted by Crippen LogP contribution is 2.18. The molecule has 0 saturated heterocycles. The number of carbonyl (C=O) groups is 1. The number of rotatable bonds is 7. The van der Waals surface area contributed by atoms with Crippen molar-refractivity contribution in [2.45, 2.75) is 34.2 Å². The molecule has 0 aliphatic rings. The SMILES string of the molecule is C[NH2+]CC(=O)N(CC(C)C)c1c(N)n(CC(C)C)c(=O)[nH]c1=O. The first kappa shape index (κ1) is 19.0. The molecule has 0 unspecified atom stereocenters. The van der Waals surface area contributed by atoms with E-state index in [1.54, 1.807) is 12.4 Å². The molecule has 1 aromatic heterocycles. The highest BCUT2D eigenvalue weighted by Gasteiger charge is 2.25. The molecule has 0 atom stereocenters. The van der Waals surface area contributed by atoms with Gasteiger partial charge in [-0.2, -0.15) is 0 Å². The van der Waals surface area contributed by atoms with Crippen LogP contribution in [0.15, 0.2) is 9.59 Å². The molecule has 0 fully saturated rings. The first-order valence-electron chi connectivity index (χ1n) is 7.89. The minimum atomic E-state index is -0.627. The highest BCUT2D eigenvalue weighted by molar-refractivity contribution is 5.96. The van der Waals surface area contributed by atoms with E-state index in [2.05, 4.69) is 4.98 Å². The Bertz CT molecular complexity index is 660. The van der Waals surface area contributed by atoms with Crippen molar-refractivity contribution in [1.29, 1.82) is 0 Å². The number of hydrogen-bond acceptors (Lipinski definition) is 4. The Morgan fingerprint density at radius 1 is 1.26 bits per heavy atom. The molecular formula is C15H28N5O3+. The van der Waals surface area contributed by atoms with Crippen molar-refractivity contribution in [1.82, 2.24) is 9.55 Å². The lowest BCUT2D eigenvalue weighted by Crippen LogP contribution is -2.82. The lowest BCUT2D eigenvalue weighted by molar-refractivity contribution is -0.615. The van der Waals surface area contributed by atoms with Crippen LogP contribution in [0.3, 0.4) is 0 Å². The van der Waals surface area contributed by atoms with Gasteiger partial charge in [0, 0.05) is 13.1 Å². The Hall–Kier alpha value is -2.09. The van der Waals surface area contributed by atoms with E-state index in [1.807, 2.05) is 27.7 Å². The third kappa shape index (κ3) is 4.69. The summed E-state index contributed by atoms with van der Waals surface area (Å²) in [7, 11) is 1.78. The monoisotopic (exact) mass is 326 g/mol. The van der Waals surface area contributed by atoms with Gasteiger partial charge < -0.3 is 11.1 Å². The number of nitrogens with two attached hydrogens (primary N) is 2. The normalized spacial score (nSPS) is 11.3. The van der Waals surface area contributed by atoms with E-state index >= 15 is 0 Å². The molecule has 8 nitrogen and oxygen atoms in total. The molecule has 0 saturated carbocycles. The number of aromatic amines is 1. The summed E-state index contributed by atoms with van der Waals surface area (Å²) < 4.78 is 1.32. The van der Waals surface area contributed by atoms with Gasteiger partial charge in [0.2, 0.25) is 0 Å². The van der Waals surface area contributed by atoms with Crippen LogP contribution in [0, 0.1) is 11.8 Å². The van der Waals surface area contributed by atoms with Gasteiger partial charge in [0.25, 0.3) is 11.5 Å². The number of nitrogens with one attached hydrogen (secondary N) is 1. The summed E-state index contributed by atoms with van der Waals surface area (Å²) in [4.78, 5) is 40.3. The van der Waals surface area contributed by atoms with Gasteiger partial charge in [-0.3, -0.25) is 24.0 Å². The summed E-state index contributed by atoms with van der Waals surface area (Å²) in [6, 6.07) is 0. The summed E-state index contributed by atoms with van der Waals surface area (Å²) in [6.45, 7) is 8.72. The molecule has 130 valence electrons. The Morgan fingerprint density at radius 3 is 2.35 bits per heavy atom. The van der Waals surface area contributed by atoms with Crippen molar-refractivity contribution in [3.05, 3.63) is 20.8 Å². The smallest absolute Gasteiger partial charge is 0.330 e. The predicted octanol–water partition coefficient (Wildman–Crippen LogP) is -1.04. The van der Waals surface area contributed by atoms with Crippen molar-refractivity contribution in [3.8, 4) is 0 Å². The number of amides is 1. The molecule has 0 radical (unpaired) electrons. The zero-order valence-electron chi connectivity index (χ0n) is 14.5. The number of likely N-dealkylation sites (N-methyl/N-ethyl adjacent to an activating group) is 1. The molecule has 23 heavy (non-hydrogen) atoms. The molecule has 1 heterocycles. The van der Waals surface area contributed by atoms with Gasteiger partial charge in [-0.1, -0.05) is 27.7 Å². The zero-order chi connectivity index (χ0) is 17.7. The van der Waals surface area contributed by atoms with Crippen LogP contribution in [0.25, 0.3) is 0 Å². The minimum Gasteiger partial charge on any atom is -0.383 e. The van der Waals surface area contributed by atoms with Crippen LogP contribution >= 0.6 is 0 Å². The summed E-state index contributed by atoms with van der Waals surface area (Å²) in [5.74, 6) is 0.151. The van der Waals surface area contributed by atoms with E-state index < -0.39 is 11.2 Å². The molecule has 1 rings (SSSR count). The summed E-state index contributed by atoms with van der Waals surface area (Å²) in [5, 5.41) is 1.73. The number of H-pyrrole nitrogens is 1. The fraction of sp³-hybridized carbons (Fsp3) is 0.667. The first-order chi connectivity index (χ1) is 10.7. The Balaban J connectivity index is 3.49. The van der Waals surface area contributed by atoms with Gasteiger partial charge in [-0.05, 0) is 11.8 Å². The molecule has 8 heteroatoms. The molecule has 5 N–H and O–H groups in total. The summed E-state index contributed by atoms with van der Waals surface area (Å²) >= 11 is 0. The molecule has 0 aromatic carbocycles. The number of nitrogens with zero attached hydrogens (tertiary/aromatic N) is 2. The van der Waals surface area contributed by atoms with Crippen LogP contribution in [-0.2, 0) is 11.3 Å². The Kier molecular flexibility index (Phi) is 6.56. The Labute approximate surface area is 135 Å². The van der Waals surface area contributed by atoms with E-state index in [4.69, 9.17) is 5.73 Å². The van der Waals surface area contributed by atoms with Crippen molar-refractivity contribution in [3.63, 3.8) is 0 Å². The third-order valence-corrected chi connectivity index (χ3v) is 3.26. The van der Waals surface area contributed by atoms with Crippen molar-refractivity contribution < 1.29 is 10.1 Å². The topological polar surface area (TPSA) is 118 Å². The largest absolute Gasteiger partial charge is 0.383 e. The number of nitrogen functional groups attached to an aromatic ring is 1. The van der Waals surface area contributed by atoms with Gasteiger partial charge in [0.15, 0.2) is 12.2 Å². The second-order valence-electron chi connectivity index (χ2n) is 6.51. The van der Waals surface area contributed by atoms with Crippen LogP contribution < -0.4 is 27.2 Å². The third-order valence-electron chi connectivity index (χ3n) is 3.26. The summed E-state index contributed by atoms with van der Waals surface area (Å²) in [6.07, 6.45) is 0. The molecular weight excluding hydrogens is 298 g/mol. The number of aromatic nitrogens is 2. The molecule has 1 aromatic rings. The molecule has 0 aliphatic carbocycles. The zero-order valence-corrected chi connectivity index (χ0v) is 14.5. The van der Waals surface area contributed by atoms with Crippen molar-refractivity contribution in [2.75, 3.05) is 30.8 Å². The number of anilines is 2. The van der Waals surface area contributed by atoms with Crippen LogP contribution in [0.1, 0.15) is 27.7 Å². The van der Waals surface area contributed by atoms with Crippen LogP contribution in [-0.4, -0.2) is 35.6 Å². The van der Waals surface area contributed by atoms with E-state index in [0.29, 0.717) is 13.1 Å². The van der Waals surface area contributed by atoms with Crippen LogP contribution in [0.4, 0.5) is 11.5 Å². The fourth-order valence-corrected chi connectivity index (χ4v) is 2.35. The first-order valence-corrected chi connectivity index (χ1v) is 7.89. The van der Waals surface area contributed by atoms with Gasteiger partial charge in [0.1, 0.15) is 5.82 Å². The Morgan fingerprint density at radius 2 is 1.87 bits per heavy atom. The maximum atomic E-state index is 12.4. The van der Waals surface area contributed by atoms with E-state index in [0.717, 1.165) is 0 Å². The maximum Gasteiger partial charge on any atom is 0.330 e. The molecule has 0 spiro atoms. The molecule has 0 aliphatic heterocycles. The van der Waals surface area contributed by atoms with Crippen molar-refractivity contribution >= 4 is 17.4 Å². The van der Waals surface area contributed by atoms with Gasteiger partial charge >= 0.3 is 5.69 Å². The lowest BCUT2D eigenvalue weighted by atomic mass is 10.2. The number of quaternary nitrogens is 1. The predicted molar refractivity (Wildman–Crippen MR) is 90.5 cm³/mol. The molecule has 1 amide bonds. The standard InChI is InChI=1S/C15H27N5O3/c1-9(2)7-19(11(21)6-17-5)12-13(16)20(8-10(3)4)15(23)18-14(12)22/h9-10,17H,6-8,16H2,1-5H3,(H,18,22,23)/p+1. The van der Waals surface area contributed by atoms with E-state index in [-0.39, 0.29) is 35.8 Å². The van der Waals surface area contributed by atoms with Crippen LogP contribution in [0.5, 0.6) is 0 Å². The van der Waals surface area contributed by atoms with E-state index in [9.17, 15) is 14.4 Å². The fourth-order valence-electron chi connectivity index (χ4n) is 2.35. The van der Waals surface area contributed by atoms with E-state index in [1.165, 1.54) is 9.47 Å². The summed E-state index contributed by atoms with van der Waals surface area (Å²) in [5.41, 5.74) is 4.96. The van der Waals surface area contributed by atoms with Gasteiger partial charge in [-0.15, -0.1) is 0 Å². The minimum absolute atomic E-state index is 0.0394. The second kappa shape index (κ2) is 7.96. The molecule has 0 bridgehead atoms. The van der Waals surface area contributed by atoms with Gasteiger partial charge in [0.05, 0.1) is 7.05 Å². The highest BCUT2D eigenvalue weighted by atomic mass is 16.2. The second-order valence-corrected chi connectivity index (χ2v) is 6.51. The average Bonchev–Trinajstić information content (AvgIpc) is 2.41. The van der Waals surface area contributed by atoms with Crippen molar-refractivity contribution in [2.24, 2.45) is 11.8 Å². The quantitative estimate of drug-likeness (QED) is 0.593. The lowest BCUT2D eigenvalue weighted by Gasteiger charge is -2.25. The van der Waals surface area contributed by atoms with Gasteiger partial charge in [-0.25, -0.2) is 4.79 Å². The average molecular weight is 326 g/mol. The number of hydrogen-bond donors (Lipinski definition) is 3. The maximum absolute atomic E-state index is 12.4. The van der Waals surface area contributed by atoms with Crippen LogP contribution in [0.2, 0.25) is 0 Å².